The molecule has 5 nitrogen and oxygen atoms in total. The lowest BCUT2D eigenvalue weighted by Gasteiger charge is -2.21. The van der Waals surface area contributed by atoms with E-state index in [0.29, 0.717) is 23.8 Å². The van der Waals surface area contributed by atoms with Crippen molar-refractivity contribution in [1.29, 1.82) is 0 Å². The van der Waals surface area contributed by atoms with Gasteiger partial charge in [0.15, 0.2) is 0 Å². The number of carbonyl (C=O) groups is 1. The van der Waals surface area contributed by atoms with Crippen LogP contribution < -0.4 is 4.74 Å². The molecule has 23 heavy (non-hydrogen) atoms. The van der Waals surface area contributed by atoms with Crippen LogP contribution in [0.25, 0.3) is 10.9 Å². The van der Waals surface area contributed by atoms with Gasteiger partial charge in [-0.15, -0.1) is 0 Å². The fourth-order valence-corrected chi connectivity index (χ4v) is 2.84. The fraction of sp³-hybridized carbons (Fsp3) is 0.444. The molecule has 1 aromatic carbocycles. The zero-order chi connectivity index (χ0) is 16.6. The average molecular weight is 314 g/mol. The summed E-state index contributed by atoms with van der Waals surface area (Å²) in [5.74, 6) is 0.938. The van der Waals surface area contributed by atoms with Gasteiger partial charge in [-0.05, 0) is 49.9 Å². The van der Waals surface area contributed by atoms with Gasteiger partial charge >= 0.3 is 0 Å². The van der Waals surface area contributed by atoms with Gasteiger partial charge in [-0.2, -0.15) is 0 Å². The number of hydrogen-bond donors (Lipinski definition) is 1. The van der Waals surface area contributed by atoms with E-state index in [2.05, 4.69) is 4.98 Å². The van der Waals surface area contributed by atoms with Crippen LogP contribution in [0.15, 0.2) is 24.3 Å². The SMILES string of the molecule is COc1ccc2nc(C)cc(C(=O)N(C)CC(O)C3CC3)c2c1. The van der Waals surface area contributed by atoms with E-state index in [9.17, 15) is 9.90 Å². The number of nitrogens with zero attached hydrogens (tertiary/aromatic N) is 2. The Balaban J connectivity index is 1.94. The normalized spacial score (nSPS) is 15.5. The molecule has 1 fully saturated rings. The largest absolute Gasteiger partial charge is 0.497 e. The lowest BCUT2D eigenvalue weighted by atomic mass is 10.1. The second kappa shape index (κ2) is 6.16. The summed E-state index contributed by atoms with van der Waals surface area (Å²) in [5, 5.41) is 10.8. The van der Waals surface area contributed by atoms with E-state index >= 15 is 0 Å². The molecule has 0 radical (unpaired) electrons. The summed E-state index contributed by atoms with van der Waals surface area (Å²) in [6, 6.07) is 7.32. The van der Waals surface area contributed by atoms with E-state index in [1.54, 1.807) is 25.1 Å². The van der Waals surface area contributed by atoms with Gasteiger partial charge in [0, 0.05) is 24.7 Å². The lowest BCUT2D eigenvalue weighted by molar-refractivity contribution is 0.0647. The zero-order valence-corrected chi connectivity index (χ0v) is 13.7. The van der Waals surface area contributed by atoms with Gasteiger partial charge < -0.3 is 14.7 Å². The van der Waals surface area contributed by atoms with Gasteiger partial charge in [-0.3, -0.25) is 9.78 Å². The number of ether oxygens (including phenoxy) is 1. The lowest BCUT2D eigenvalue weighted by Crippen LogP contribution is -2.35. The van der Waals surface area contributed by atoms with Crippen molar-refractivity contribution in [3.63, 3.8) is 0 Å². The van der Waals surface area contributed by atoms with Crippen molar-refractivity contribution in [2.45, 2.75) is 25.9 Å². The number of aliphatic hydroxyl groups excluding tert-OH is 1. The Labute approximate surface area is 135 Å². The minimum atomic E-state index is -0.437. The molecule has 1 heterocycles. The molecule has 1 atom stereocenters. The predicted molar refractivity (Wildman–Crippen MR) is 88.7 cm³/mol. The minimum absolute atomic E-state index is 0.103. The smallest absolute Gasteiger partial charge is 0.254 e. The van der Waals surface area contributed by atoms with Crippen LogP contribution in [-0.2, 0) is 0 Å². The molecule has 1 aliphatic rings. The number of aliphatic hydroxyl groups is 1. The summed E-state index contributed by atoms with van der Waals surface area (Å²) in [4.78, 5) is 18.9. The van der Waals surface area contributed by atoms with Gasteiger partial charge in [0.1, 0.15) is 5.75 Å². The number of aryl methyl sites for hydroxylation is 1. The summed E-state index contributed by atoms with van der Waals surface area (Å²) in [6.45, 7) is 2.23. The summed E-state index contributed by atoms with van der Waals surface area (Å²) in [5.41, 5.74) is 2.16. The molecule has 1 aliphatic carbocycles. The summed E-state index contributed by atoms with van der Waals surface area (Å²) in [7, 11) is 3.33. The van der Waals surface area contributed by atoms with Crippen LogP contribution in [0.2, 0.25) is 0 Å². The highest BCUT2D eigenvalue weighted by Gasteiger charge is 2.31. The molecular weight excluding hydrogens is 292 g/mol. The molecule has 0 bridgehead atoms. The first kappa shape index (κ1) is 15.7. The van der Waals surface area contributed by atoms with Crippen LogP contribution in [0.5, 0.6) is 5.75 Å². The molecule has 1 saturated carbocycles. The van der Waals surface area contributed by atoms with Crippen molar-refractivity contribution in [1.82, 2.24) is 9.88 Å². The van der Waals surface area contributed by atoms with E-state index in [1.165, 1.54) is 0 Å². The van der Waals surface area contributed by atoms with Crippen LogP contribution in [0.1, 0.15) is 28.9 Å². The molecule has 1 N–H and O–H groups in total. The molecule has 1 unspecified atom stereocenters. The number of fused-ring (bicyclic) bond motifs is 1. The number of methoxy groups -OCH3 is 1. The van der Waals surface area contributed by atoms with E-state index in [0.717, 1.165) is 29.4 Å². The van der Waals surface area contributed by atoms with Crippen LogP contribution in [0.4, 0.5) is 0 Å². The number of carbonyl (C=O) groups excluding carboxylic acids is 1. The Kier molecular flexibility index (Phi) is 4.22. The first-order valence-corrected chi connectivity index (χ1v) is 7.88. The molecule has 5 heteroatoms. The van der Waals surface area contributed by atoms with Crippen LogP contribution in [-0.4, -0.2) is 47.7 Å². The quantitative estimate of drug-likeness (QED) is 0.920. The van der Waals surface area contributed by atoms with E-state index in [-0.39, 0.29) is 5.91 Å². The highest BCUT2D eigenvalue weighted by molar-refractivity contribution is 6.06. The average Bonchev–Trinajstić information content (AvgIpc) is 3.37. The van der Waals surface area contributed by atoms with E-state index < -0.39 is 6.10 Å². The first-order chi connectivity index (χ1) is 11.0. The Bertz CT molecular complexity index is 740. The number of aromatic nitrogens is 1. The molecule has 1 amide bonds. The zero-order valence-electron chi connectivity index (χ0n) is 13.7. The second-order valence-electron chi connectivity index (χ2n) is 6.28. The third-order valence-electron chi connectivity index (χ3n) is 4.35. The molecule has 2 aromatic rings. The number of benzene rings is 1. The first-order valence-electron chi connectivity index (χ1n) is 7.88. The van der Waals surface area contributed by atoms with Gasteiger partial charge in [0.25, 0.3) is 5.91 Å². The highest BCUT2D eigenvalue weighted by Crippen LogP contribution is 2.33. The minimum Gasteiger partial charge on any atom is -0.497 e. The van der Waals surface area contributed by atoms with Crippen LogP contribution in [0.3, 0.4) is 0 Å². The maximum absolute atomic E-state index is 12.8. The van der Waals surface area contributed by atoms with Crippen LogP contribution >= 0.6 is 0 Å². The molecule has 0 spiro atoms. The van der Waals surface area contributed by atoms with Gasteiger partial charge in [-0.25, -0.2) is 0 Å². The van der Waals surface area contributed by atoms with Crippen molar-refractivity contribution in [3.8, 4) is 5.75 Å². The van der Waals surface area contributed by atoms with E-state index in [1.807, 2.05) is 25.1 Å². The van der Waals surface area contributed by atoms with Crippen molar-refractivity contribution in [3.05, 3.63) is 35.5 Å². The summed E-state index contributed by atoms with van der Waals surface area (Å²) < 4.78 is 5.26. The number of hydrogen-bond acceptors (Lipinski definition) is 4. The third-order valence-corrected chi connectivity index (χ3v) is 4.35. The Morgan fingerprint density at radius 3 is 2.83 bits per heavy atom. The molecular formula is C18H22N2O3. The monoisotopic (exact) mass is 314 g/mol. The number of amides is 1. The number of pyridine rings is 1. The number of rotatable bonds is 5. The third kappa shape index (κ3) is 3.29. The topological polar surface area (TPSA) is 62.7 Å². The molecule has 0 saturated heterocycles. The van der Waals surface area contributed by atoms with E-state index in [4.69, 9.17) is 4.74 Å². The maximum Gasteiger partial charge on any atom is 0.254 e. The Morgan fingerprint density at radius 1 is 1.43 bits per heavy atom. The standard InChI is InChI=1S/C18H22N2O3/c1-11-8-15(14-9-13(23-3)6-7-16(14)19-11)18(22)20(2)10-17(21)12-4-5-12/h6-9,12,17,21H,4-5,10H2,1-3H3. The maximum atomic E-state index is 12.8. The highest BCUT2D eigenvalue weighted by atomic mass is 16.5. The van der Waals surface area contributed by atoms with Crippen molar-refractivity contribution < 1.29 is 14.6 Å². The Hall–Kier alpha value is -2.14. The van der Waals surface area contributed by atoms with Gasteiger partial charge in [0.2, 0.25) is 0 Å². The molecule has 122 valence electrons. The fourth-order valence-electron chi connectivity index (χ4n) is 2.84. The van der Waals surface area contributed by atoms with Crippen molar-refractivity contribution >= 4 is 16.8 Å². The predicted octanol–water partition coefficient (Wildman–Crippen LogP) is 2.39. The van der Waals surface area contributed by atoms with Crippen LogP contribution in [0, 0.1) is 12.8 Å². The van der Waals surface area contributed by atoms with Gasteiger partial charge in [-0.1, -0.05) is 0 Å². The van der Waals surface area contributed by atoms with Crippen molar-refractivity contribution in [2.24, 2.45) is 5.92 Å². The molecule has 1 aromatic heterocycles. The van der Waals surface area contributed by atoms with Crippen molar-refractivity contribution in [2.75, 3.05) is 20.7 Å². The second-order valence-corrected chi connectivity index (χ2v) is 6.28. The Morgan fingerprint density at radius 2 is 2.17 bits per heavy atom. The summed E-state index contributed by atoms with van der Waals surface area (Å²) >= 11 is 0. The summed E-state index contributed by atoms with van der Waals surface area (Å²) in [6.07, 6.45) is 1.67. The van der Waals surface area contributed by atoms with Gasteiger partial charge in [0.05, 0.1) is 24.3 Å². The number of likely N-dealkylation sites (N-methyl/N-ethyl adjacent to an activating group) is 1. The molecule has 3 rings (SSSR count). The molecule has 0 aliphatic heterocycles.